The molecule has 0 spiro atoms. The molecule has 2 aromatic carbocycles. The minimum Gasteiger partial charge on any atom is -0.497 e. The lowest BCUT2D eigenvalue weighted by Crippen LogP contribution is -2.49. The second kappa shape index (κ2) is 10.7. The Kier molecular flexibility index (Phi) is 8.03. The van der Waals surface area contributed by atoms with Gasteiger partial charge in [0.1, 0.15) is 11.6 Å². The molecule has 1 heterocycles. The van der Waals surface area contributed by atoms with E-state index < -0.39 is 15.7 Å². The fraction of sp³-hybridized carbons (Fsp3) is 0.435. The molecule has 0 atom stereocenters. The quantitative estimate of drug-likeness (QED) is 0.552. The van der Waals surface area contributed by atoms with Crippen LogP contribution in [0.2, 0.25) is 0 Å². The van der Waals surface area contributed by atoms with Gasteiger partial charge in [-0.15, -0.1) is 0 Å². The zero-order valence-corrected chi connectivity index (χ0v) is 18.6. The van der Waals surface area contributed by atoms with E-state index in [2.05, 4.69) is 4.90 Å². The summed E-state index contributed by atoms with van der Waals surface area (Å²) in [7, 11) is -1.78. The number of rotatable bonds is 9. The number of benzene rings is 2. The molecule has 0 saturated carbocycles. The molecule has 0 unspecified atom stereocenters. The summed E-state index contributed by atoms with van der Waals surface area (Å²) in [5.41, 5.74) is 1.11. The van der Waals surface area contributed by atoms with Gasteiger partial charge in [0, 0.05) is 32.6 Å². The number of nitrogens with zero attached hydrogens (tertiary/aromatic N) is 2. The second-order valence-electron chi connectivity index (χ2n) is 7.70. The summed E-state index contributed by atoms with van der Waals surface area (Å²) < 4.78 is 42.8. The molecule has 3 rings (SSSR count). The van der Waals surface area contributed by atoms with Gasteiger partial charge >= 0.3 is 0 Å². The van der Waals surface area contributed by atoms with Crippen LogP contribution in [0, 0.1) is 5.82 Å². The topological polar surface area (TPSA) is 66.9 Å². The maximum absolute atomic E-state index is 13.0. The van der Waals surface area contributed by atoms with Crippen LogP contribution in [0.25, 0.3) is 0 Å². The summed E-state index contributed by atoms with van der Waals surface area (Å²) in [6.07, 6.45) is 1.68. The van der Waals surface area contributed by atoms with E-state index in [0.717, 1.165) is 36.5 Å². The number of sulfone groups is 1. The van der Waals surface area contributed by atoms with Crippen LogP contribution in [0.15, 0.2) is 53.4 Å². The molecule has 0 bridgehead atoms. The van der Waals surface area contributed by atoms with Crippen LogP contribution in [0.1, 0.15) is 18.4 Å². The van der Waals surface area contributed by atoms with Crippen LogP contribution in [0.5, 0.6) is 5.75 Å². The zero-order chi connectivity index (χ0) is 22.3. The first-order valence-corrected chi connectivity index (χ1v) is 12.1. The molecule has 0 aromatic heterocycles. The maximum atomic E-state index is 13.0. The number of piperazine rings is 1. The zero-order valence-electron chi connectivity index (χ0n) is 17.8. The summed E-state index contributed by atoms with van der Waals surface area (Å²) in [6, 6.07) is 12.7. The van der Waals surface area contributed by atoms with Crippen molar-refractivity contribution in [3.8, 4) is 5.75 Å². The number of ether oxygens (including phenoxy) is 1. The summed E-state index contributed by atoms with van der Waals surface area (Å²) in [5.74, 6) is 0.529. The highest BCUT2D eigenvalue weighted by molar-refractivity contribution is 7.91. The van der Waals surface area contributed by atoms with E-state index in [1.165, 1.54) is 12.1 Å². The molecular formula is C23H29FN2O4S. The first-order valence-electron chi connectivity index (χ1n) is 10.5. The van der Waals surface area contributed by atoms with Crippen LogP contribution in [0.3, 0.4) is 0 Å². The summed E-state index contributed by atoms with van der Waals surface area (Å²) in [6.45, 7) is 3.46. The SMILES string of the molecule is COc1ccc(CCC(=O)N2CCN(CCCS(=O)(=O)c3ccc(F)cc3)CC2)cc1. The largest absolute Gasteiger partial charge is 0.497 e. The Bertz CT molecular complexity index is 954. The Morgan fingerprint density at radius 3 is 2.26 bits per heavy atom. The predicted octanol–water partition coefficient (Wildman–Crippen LogP) is 2.78. The average Bonchev–Trinajstić information content (AvgIpc) is 2.78. The Morgan fingerprint density at radius 1 is 1.00 bits per heavy atom. The molecule has 168 valence electrons. The molecule has 0 aliphatic carbocycles. The van der Waals surface area contributed by atoms with Gasteiger partial charge in [-0.25, -0.2) is 12.8 Å². The van der Waals surface area contributed by atoms with Crippen molar-refractivity contribution in [3.05, 3.63) is 59.9 Å². The molecule has 1 saturated heterocycles. The third kappa shape index (κ3) is 6.77. The molecule has 1 aliphatic rings. The highest BCUT2D eigenvalue weighted by atomic mass is 32.2. The van der Waals surface area contributed by atoms with Crippen molar-refractivity contribution >= 4 is 15.7 Å². The summed E-state index contributed by atoms with van der Waals surface area (Å²) in [4.78, 5) is 16.7. The first kappa shape index (κ1) is 23.2. The van der Waals surface area contributed by atoms with Gasteiger partial charge in [-0.05, 0) is 61.3 Å². The number of carbonyl (C=O) groups excluding carboxylic acids is 1. The van der Waals surface area contributed by atoms with E-state index in [0.29, 0.717) is 38.9 Å². The van der Waals surface area contributed by atoms with Gasteiger partial charge in [-0.3, -0.25) is 9.69 Å². The van der Waals surface area contributed by atoms with Gasteiger partial charge < -0.3 is 9.64 Å². The molecule has 1 fully saturated rings. The van der Waals surface area contributed by atoms with Gasteiger partial charge in [-0.1, -0.05) is 12.1 Å². The lowest BCUT2D eigenvalue weighted by molar-refractivity contribution is -0.132. The fourth-order valence-corrected chi connectivity index (χ4v) is 4.96. The Balaban J connectivity index is 1.37. The third-order valence-electron chi connectivity index (χ3n) is 5.57. The van der Waals surface area contributed by atoms with E-state index >= 15 is 0 Å². The smallest absolute Gasteiger partial charge is 0.222 e. The van der Waals surface area contributed by atoms with Gasteiger partial charge in [0.2, 0.25) is 5.91 Å². The first-order chi connectivity index (χ1) is 14.9. The van der Waals surface area contributed by atoms with Crippen molar-refractivity contribution in [2.24, 2.45) is 0 Å². The molecule has 1 aliphatic heterocycles. The van der Waals surface area contributed by atoms with Crippen molar-refractivity contribution in [1.82, 2.24) is 9.80 Å². The number of amides is 1. The van der Waals surface area contributed by atoms with Crippen LogP contribution in [-0.2, 0) is 21.1 Å². The van der Waals surface area contributed by atoms with Gasteiger partial charge in [0.05, 0.1) is 17.8 Å². The van der Waals surface area contributed by atoms with E-state index in [9.17, 15) is 17.6 Å². The number of methoxy groups -OCH3 is 1. The van der Waals surface area contributed by atoms with Crippen molar-refractivity contribution in [3.63, 3.8) is 0 Å². The van der Waals surface area contributed by atoms with Crippen molar-refractivity contribution in [1.29, 1.82) is 0 Å². The molecule has 31 heavy (non-hydrogen) atoms. The van der Waals surface area contributed by atoms with Gasteiger partial charge in [0.15, 0.2) is 9.84 Å². The molecule has 8 heteroatoms. The molecule has 0 N–H and O–H groups in total. The van der Waals surface area contributed by atoms with Crippen LogP contribution < -0.4 is 4.74 Å². The average molecular weight is 449 g/mol. The van der Waals surface area contributed by atoms with E-state index in [1.807, 2.05) is 29.2 Å². The lowest BCUT2D eigenvalue weighted by atomic mass is 10.1. The summed E-state index contributed by atoms with van der Waals surface area (Å²) in [5, 5.41) is 0. The van der Waals surface area contributed by atoms with Crippen LogP contribution in [0.4, 0.5) is 4.39 Å². The predicted molar refractivity (Wildman–Crippen MR) is 117 cm³/mol. The minimum absolute atomic E-state index is 0.0274. The standard InChI is InChI=1S/C23H29FN2O4S/c1-30-21-8-3-19(4-9-21)5-12-23(27)26-16-14-25(15-17-26)13-2-18-31(28,29)22-10-6-20(24)7-11-22/h3-4,6-11H,2,5,12-18H2,1H3. The third-order valence-corrected chi connectivity index (χ3v) is 7.39. The van der Waals surface area contributed by atoms with E-state index in [-0.39, 0.29) is 16.6 Å². The molecule has 0 radical (unpaired) electrons. The second-order valence-corrected chi connectivity index (χ2v) is 9.81. The Hall–Kier alpha value is -2.45. The Labute approximate surface area is 183 Å². The highest BCUT2D eigenvalue weighted by Gasteiger charge is 2.21. The normalized spacial score (nSPS) is 15.1. The van der Waals surface area contributed by atoms with Crippen molar-refractivity contribution in [2.45, 2.75) is 24.2 Å². The maximum Gasteiger partial charge on any atom is 0.222 e. The van der Waals surface area contributed by atoms with Crippen LogP contribution >= 0.6 is 0 Å². The number of halogens is 1. The number of carbonyl (C=O) groups is 1. The van der Waals surface area contributed by atoms with E-state index in [4.69, 9.17) is 4.74 Å². The van der Waals surface area contributed by atoms with Crippen molar-refractivity contribution < 1.29 is 22.3 Å². The number of hydrogen-bond donors (Lipinski definition) is 0. The minimum atomic E-state index is -3.41. The molecule has 1 amide bonds. The highest BCUT2D eigenvalue weighted by Crippen LogP contribution is 2.15. The van der Waals surface area contributed by atoms with Crippen LogP contribution in [-0.4, -0.2) is 69.7 Å². The monoisotopic (exact) mass is 448 g/mol. The van der Waals surface area contributed by atoms with E-state index in [1.54, 1.807) is 7.11 Å². The number of aryl methyl sites for hydroxylation is 1. The molecule has 6 nitrogen and oxygen atoms in total. The molecular weight excluding hydrogens is 419 g/mol. The van der Waals surface area contributed by atoms with Gasteiger partial charge in [0.25, 0.3) is 0 Å². The number of hydrogen-bond acceptors (Lipinski definition) is 5. The molecule has 2 aromatic rings. The van der Waals surface area contributed by atoms with Gasteiger partial charge in [-0.2, -0.15) is 0 Å². The summed E-state index contributed by atoms with van der Waals surface area (Å²) >= 11 is 0. The Morgan fingerprint density at radius 2 is 1.65 bits per heavy atom. The van der Waals surface area contributed by atoms with Crippen molar-refractivity contribution in [2.75, 3.05) is 45.6 Å². The fourth-order valence-electron chi connectivity index (χ4n) is 3.66. The lowest BCUT2D eigenvalue weighted by Gasteiger charge is -2.34.